The Morgan fingerprint density at radius 2 is 1.65 bits per heavy atom. The molecule has 1 amide bonds. The quantitative estimate of drug-likeness (QED) is 0.214. The molecule has 15 atom stereocenters. The molecule has 3 fully saturated rings. The number of hydrogen-bond donors (Lipinski definition) is 1. The van der Waals surface area contributed by atoms with E-state index in [1.807, 2.05) is 65.0 Å². The van der Waals surface area contributed by atoms with Crippen LogP contribution in [0.3, 0.4) is 0 Å². The largest absolute Gasteiger partial charge is 0.460 e. The number of carbonyl (C=O) groups excluding carboxylic acids is 5. The average Bonchev–Trinajstić information content (AvgIpc) is 3.88. The number of allylic oxidation sites excluding steroid dienone is 6. The molecule has 0 spiro atoms. The minimum absolute atomic E-state index is 0.0350. The third-order valence-corrected chi connectivity index (χ3v) is 15.7. The van der Waals surface area contributed by atoms with Gasteiger partial charge in [-0.2, -0.15) is 0 Å². The van der Waals surface area contributed by atoms with E-state index in [0.29, 0.717) is 63.4 Å². The topological polar surface area (TPSA) is 199 Å². The Morgan fingerprint density at radius 1 is 0.899 bits per heavy atom. The molecule has 384 valence electrons. The fraction of sp³-hybridized carbons (Fsp3) is 0.736. The van der Waals surface area contributed by atoms with E-state index in [-0.39, 0.29) is 72.6 Å². The van der Waals surface area contributed by atoms with Crippen LogP contribution >= 0.6 is 0 Å². The van der Waals surface area contributed by atoms with Crippen LogP contribution < -0.4 is 0 Å². The van der Waals surface area contributed by atoms with Crippen LogP contribution in [-0.2, 0) is 47.7 Å². The molecule has 0 aromatic carbocycles. The minimum Gasteiger partial charge on any atom is -0.460 e. The molecule has 1 N–H and O–H groups in total. The number of tetrazole rings is 1. The lowest BCUT2D eigenvalue weighted by molar-refractivity contribution is -0.184. The van der Waals surface area contributed by atoms with Gasteiger partial charge < -0.3 is 33.7 Å². The van der Waals surface area contributed by atoms with Gasteiger partial charge in [0.05, 0.1) is 30.5 Å². The van der Waals surface area contributed by atoms with Gasteiger partial charge in [0.2, 0.25) is 0 Å². The van der Waals surface area contributed by atoms with Crippen molar-refractivity contribution in [3.8, 4) is 0 Å². The molecule has 2 saturated heterocycles. The number of aromatic nitrogens is 4. The number of ether oxygens (including phenoxy) is 5. The van der Waals surface area contributed by atoms with Crippen LogP contribution in [0.15, 0.2) is 53.9 Å². The van der Waals surface area contributed by atoms with Crippen LogP contribution in [0, 0.1) is 35.5 Å². The second-order valence-electron chi connectivity index (χ2n) is 20.8. The summed E-state index contributed by atoms with van der Waals surface area (Å²) in [5.41, 5.74) is -0.126. The number of carbonyl (C=O) groups is 5. The molecular weight excluding hydrogens is 883 g/mol. The molecule has 69 heavy (non-hydrogen) atoms. The van der Waals surface area contributed by atoms with Gasteiger partial charge in [-0.05, 0) is 130 Å². The number of methoxy groups -OCH3 is 3. The first-order valence-electron chi connectivity index (χ1n) is 25.3. The highest BCUT2D eigenvalue weighted by Crippen LogP contribution is 2.40. The van der Waals surface area contributed by atoms with Crippen LogP contribution in [0.5, 0.6) is 0 Å². The molecule has 1 saturated carbocycles. The summed E-state index contributed by atoms with van der Waals surface area (Å²) < 4.78 is 32.2. The Morgan fingerprint density at radius 3 is 2.33 bits per heavy atom. The summed E-state index contributed by atoms with van der Waals surface area (Å²) in [6.07, 6.45) is 15.6. The number of aliphatic hydroxyl groups excluding tert-OH is 1. The average molecular weight is 964 g/mol. The lowest BCUT2D eigenvalue weighted by Crippen LogP contribution is -2.59. The second-order valence-corrected chi connectivity index (χ2v) is 20.8. The Kier molecular flexibility index (Phi) is 20.8. The monoisotopic (exact) mass is 964 g/mol. The molecule has 4 heterocycles. The summed E-state index contributed by atoms with van der Waals surface area (Å²) >= 11 is 0. The van der Waals surface area contributed by atoms with E-state index in [1.54, 1.807) is 52.1 Å². The maximum absolute atomic E-state index is 14.6. The van der Waals surface area contributed by atoms with Crippen molar-refractivity contribution < 1.29 is 52.8 Å². The van der Waals surface area contributed by atoms with Crippen LogP contribution in [0.1, 0.15) is 138 Å². The van der Waals surface area contributed by atoms with Crippen molar-refractivity contribution in [2.24, 2.45) is 35.5 Å². The van der Waals surface area contributed by atoms with E-state index >= 15 is 0 Å². The van der Waals surface area contributed by atoms with Crippen molar-refractivity contribution in [2.75, 3.05) is 27.9 Å². The van der Waals surface area contributed by atoms with Crippen molar-refractivity contribution in [2.45, 2.75) is 187 Å². The minimum atomic E-state index is -1.43. The van der Waals surface area contributed by atoms with Gasteiger partial charge in [-0.15, -0.1) is 5.10 Å². The highest BCUT2D eigenvalue weighted by atomic mass is 16.5. The molecule has 1 aliphatic carbocycles. The summed E-state index contributed by atoms with van der Waals surface area (Å²) in [5.74, 6) is -4.06. The number of cyclic esters (lactones) is 1. The van der Waals surface area contributed by atoms with Gasteiger partial charge >= 0.3 is 5.97 Å². The number of esters is 1. The fourth-order valence-corrected chi connectivity index (χ4v) is 11.0. The SMILES string of the molecule is CO[C@H]1C[C@@H]2CC[C@@H](C)[C@@](C)(O2)C(=O)C(=O)N2CCCC[C@H]2C(=O)O[C@H]([C@H](C)C[C@@H]2CC[C@H](n3cnnn3)[C@H](OC)C2)CC(=O)/C(C)=C/C(C)[C@@H](O)[C@@H](OC)C(=O)[C@H](C)C[C@H](C)C=CC=CC=C1C. The van der Waals surface area contributed by atoms with Gasteiger partial charge in [0, 0.05) is 52.6 Å². The maximum atomic E-state index is 14.6. The van der Waals surface area contributed by atoms with E-state index in [0.717, 1.165) is 18.4 Å². The summed E-state index contributed by atoms with van der Waals surface area (Å²) in [4.78, 5) is 73.0. The van der Waals surface area contributed by atoms with Crippen molar-refractivity contribution in [3.05, 3.63) is 53.9 Å². The smallest absolute Gasteiger partial charge is 0.329 e. The fourth-order valence-electron chi connectivity index (χ4n) is 11.0. The van der Waals surface area contributed by atoms with E-state index < -0.39 is 59.5 Å². The Balaban J connectivity index is 1.46. The number of ketones is 3. The van der Waals surface area contributed by atoms with E-state index in [9.17, 15) is 29.1 Å². The van der Waals surface area contributed by atoms with Crippen LogP contribution in [0.2, 0.25) is 0 Å². The normalized spacial score (nSPS) is 37.1. The summed E-state index contributed by atoms with van der Waals surface area (Å²) in [7, 11) is 4.72. The number of rotatable bonds is 7. The lowest BCUT2D eigenvalue weighted by atomic mass is 9.77. The van der Waals surface area contributed by atoms with E-state index in [2.05, 4.69) is 15.5 Å². The first-order valence-corrected chi connectivity index (χ1v) is 25.3. The van der Waals surface area contributed by atoms with Gasteiger partial charge in [-0.1, -0.05) is 71.1 Å². The Labute approximate surface area is 410 Å². The molecule has 4 aliphatic rings. The van der Waals surface area contributed by atoms with Crippen LogP contribution in [-0.4, -0.2) is 136 Å². The van der Waals surface area contributed by atoms with Gasteiger partial charge in [-0.3, -0.25) is 19.2 Å². The number of aliphatic hydroxyl groups is 1. The highest BCUT2D eigenvalue weighted by molar-refractivity contribution is 6.39. The third kappa shape index (κ3) is 14.2. The van der Waals surface area contributed by atoms with Crippen molar-refractivity contribution in [1.29, 1.82) is 0 Å². The molecule has 2 bridgehead atoms. The first-order chi connectivity index (χ1) is 32.8. The van der Waals surface area contributed by atoms with E-state index in [1.165, 1.54) is 12.0 Å². The Hall–Kier alpha value is -4.22. The number of piperidine rings is 1. The van der Waals surface area contributed by atoms with Crippen molar-refractivity contribution >= 4 is 29.2 Å². The molecule has 16 heteroatoms. The van der Waals surface area contributed by atoms with Crippen LogP contribution in [0.25, 0.3) is 0 Å². The Bertz CT molecular complexity index is 2020. The van der Waals surface area contributed by atoms with Gasteiger partial charge in [0.1, 0.15) is 30.2 Å². The standard InChI is InChI=1S/C53H81N5O11/c1-32-17-13-12-14-18-33(2)44(65-9)29-40-22-20-38(7)53(8,69-40)50(62)51(63)57-24-16-15-19-42(57)52(64)68-45(35(4)27-39-21-23-41(46(28-39)66-10)58-31-54-55-56-58)30-43(59)34(3)26-37(6)48(61)49(67-11)47(60)36(5)25-32/h12-14,17-18,26,31-32,35-42,44-46,48-49,61H,15-16,19-25,27-30H2,1-11H3/b14-12?,17-13?,33-18?,34-26+/t32-,35-,36-,37?,38-,39+,40+,41+,42+,44+,45+,46-,48-,49+,53-/m1/s1. The summed E-state index contributed by atoms with van der Waals surface area (Å²) in [6.45, 7) is 15.0. The van der Waals surface area contributed by atoms with Gasteiger partial charge in [0.25, 0.3) is 11.7 Å². The number of amides is 1. The first kappa shape index (κ1) is 55.7. The van der Waals surface area contributed by atoms with Gasteiger partial charge in [-0.25, -0.2) is 9.48 Å². The third-order valence-electron chi connectivity index (χ3n) is 15.7. The molecule has 16 nitrogen and oxygen atoms in total. The molecular formula is C53H81N5O11. The molecule has 1 aromatic rings. The second kappa shape index (κ2) is 25.8. The zero-order valence-corrected chi connectivity index (χ0v) is 43.1. The van der Waals surface area contributed by atoms with Crippen LogP contribution in [0.4, 0.5) is 0 Å². The predicted octanol–water partition coefficient (Wildman–Crippen LogP) is 7.12. The lowest BCUT2D eigenvalue weighted by Gasteiger charge is -2.44. The highest BCUT2D eigenvalue weighted by Gasteiger charge is 2.51. The number of fused-ring (bicyclic) bond motifs is 3. The molecule has 0 radical (unpaired) electrons. The molecule has 5 rings (SSSR count). The van der Waals surface area contributed by atoms with Gasteiger partial charge in [0.15, 0.2) is 11.6 Å². The number of nitrogens with zero attached hydrogens (tertiary/aromatic N) is 5. The predicted molar refractivity (Wildman–Crippen MR) is 259 cm³/mol. The zero-order valence-electron chi connectivity index (χ0n) is 43.1. The summed E-state index contributed by atoms with van der Waals surface area (Å²) in [5, 5.41) is 23.3. The maximum Gasteiger partial charge on any atom is 0.329 e. The molecule has 1 aromatic heterocycles. The number of Topliss-reactive ketones (excluding diaryl/α,β-unsaturated/α-hetero) is 3. The molecule has 1 unspecified atom stereocenters. The summed E-state index contributed by atoms with van der Waals surface area (Å²) in [6, 6.07) is -1.07. The van der Waals surface area contributed by atoms with Crippen molar-refractivity contribution in [3.63, 3.8) is 0 Å². The van der Waals surface area contributed by atoms with E-state index in [4.69, 9.17) is 23.7 Å². The molecule has 3 aliphatic heterocycles. The zero-order chi connectivity index (χ0) is 50.6. The van der Waals surface area contributed by atoms with Crippen molar-refractivity contribution in [1.82, 2.24) is 25.1 Å². The number of hydrogen-bond acceptors (Lipinski definition) is 14.